The van der Waals surface area contributed by atoms with Crippen LogP contribution < -0.4 is 11.1 Å². The van der Waals surface area contributed by atoms with Gasteiger partial charge in [-0.15, -0.1) is 0 Å². The minimum Gasteiger partial charge on any atom is -0.395 e. The van der Waals surface area contributed by atoms with Crippen molar-refractivity contribution < 1.29 is 4.79 Å². The third-order valence-electron chi connectivity index (χ3n) is 3.86. The number of carbonyl (C=O) groups is 1. The molecule has 6 heteroatoms. The van der Waals surface area contributed by atoms with Gasteiger partial charge in [-0.25, -0.2) is 0 Å². The highest BCUT2D eigenvalue weighted by Gasteiger charge is 2.23. The first-order valence-corrected chi connectivity index (χ1v) is 6.86. The number of anilines is 1. The van der Waals surface area contributed by atoms with Crippen molar-refractivity contribution in [1.82, 2.24) is 20.0 Å². The summed E-state index contributed by atoms with van der Waals surface area (Å²) in [4.78, 5) is 14.5. The van der Waals surface area contributed by atoms with Crippen LogP contribution >= 0.6 is 0 Å². The monoisotopic (exact) mass is 265 g/mol. The van der Waals surface area contributed by atoms with E-state index < -0.39 is 0 Å². The zero-order valence-electron chi connectivity index (χ0n) is 11.9. The minimum absolute atomic E-state index is 0.125. The van der Waals surface area contributed by atoms with E-state index in [1.54, 1.807) is 4.68 Å². The van der Waals surface area contributed by atoms with Gasteiger partial charge < -0.3 is 16.0 Å². The number of amides is 1. The zero-order valence-corrected chi connectivity index (χ0v) is 11.9. The molecule has 0 aromatic carbocycles. The van der Waals surface area contributed by atoms with Gasteiger partial charge >= 0.3 is 0 Å². The molecule has 2 heterocycles. The number of nitrogens with one attached hydrogen (secondary N) is 1. The number of nitrogens with zero attached hydrogens (tertiary/aromatic N) is 3. The number of rotatable bonds is 4. The Balaban J connectivity index is 2.03. The number of aryl methyl sites for hydroxylation is 2. The Bertz CT molecular complexity index is 468. The fourth-order valence-electron chi connectivity index (χ4n) is 2.60. The maximum absolute atomic E-state index is 12.3. The summed E-state index contributed by atoms with van der Waals surface area (Å²) in [6, 6.07) is 0.435. The molecule has 1 fully saturated rings. The molecule has 1 atom stereocenters. The molecule has 6 nitrogen and oxygen atoms in total. The van der Waals surface area contributed by atoms with Crippen LogP contribution in [-0.4, -0.2) is 46.8 Å². The predicted octanol–water partition coefficient (Wildman–Crippen LogP) is 0.618. The molecule has 0 spiro atoms. The molecule has 3 N–H and O–H groups in total. The van der Waals surface area contributed by atoms with Crippen molar-refractivity contribution >= 4 is 11.6 Å². The summed E-state index contributed by atoms with van der Waals surface area (Å²) < 4.78 is 1.67. The van der Waals surface area contributed by atoms with E-state index in [9.17, 15) is 4.79 Å². The van der Waals surface area contributed by atoms with Crippen LogP contribution in [0.15, 0.2) is 0 Å². The minimum atomic E-state index is -0.125. The highest BCUT2D eigenvalue weighted by molar-refractivity contribution is 5.98. The van der Waals surface area contributed by atoms with Gasteiger partial charge in [0.15, 0.2) is 0 Å². The number of nitrogen functional groups attached to an aromatic ring is 1. The molecule has 1 saturated heterocycles. The van der Waals surface area contributed by atoms with E-state index in [1.807, 2.05) is 13.8 Å². The SMILES string of the molecule is CCn1nc(C)c(N)c1C(=O)NCC1CCCN1C. The number of likely N-dealkylation sites (tertiary alicyclic amines) is 1. The van der Waals surface area contributed by atoms with Crippen LogP contribution in [0.1, 0.15) is 35.9 Å². The van der Waals surface area contributed by atoms with Crippen LogP contribution in [0.4, 0.5) is 5.69 Å². The second kappa shape index (κ2) is 5.61. The summed E-state index contributed by atoms with van der Waals surface area (Å²) in [5.41, 5.74) is 7.62. The van der Waals surface area contributed by atoms with E-state index in [1.165, 1.54) is 6.42 Å². The molecule has 1 aromatic heterocycles. The Hall–Kier alpha value is -1.56. The van der Waals surface area contributed by atoms with Gasteiger partial charge in [0.1, 0.15) is 5.69 Å². The Morgan fingerprint density at radius 1 is 1.58 bits per heavy atom. The standard InChI is InChI=1S/C13H23N5O/c1-4-18-12(11(14)9(2)16-18)13(19)15-8-10-6-5-7-17(10)3/h10H,4-8,14H2,1-3H3,(H,15,19). The van der Waals surface area contributed by atoms with Gasteiger partial charge in [-0.05, 0) is 40.3 Å². The summed E-state index contributed by atoms with van der Waals surface area (Å²) in [6.45, 7) is 6.19. The van der Waals surface area contributed by atoms with Crippen molar-refractivity contribution in [3.05, 3.63) is 11.4 Å². The van der Waals surface area contributed by atoms with E-state index in [-0.39, 0.29) is 5.91 Å². The second-order valence-electron chi connectivity index (χ2n) is 5.15. The van der Waals surface area contributed by atoms with Gasteiger partial charge in [0, 0.05) is 19.1 Å². The molecule has 1 unspecified atom stereocenters. The Morgan fingerprint density at radius 2 is 2.32 bits per heavy atom. The second-order valence-corrected chi connectivity index (χ2v) is 5.15. The molecule has 1 aromatic rings. The lowest BCUT2D eigenvalue weighted by molar-refractivity contribution is 0.0934. The fraction of sp³-hybridized carbons (Fsp3) is 0.692. The van der Waals surface area contributed by atoms with Crippen LogP contribution in [0.5, 0.6) is 0 Å². The highest BCUT2D eigenvalue weighted by atomic mass is 16.2. The maximum Gasteiger partial charge on any atom is 0.271 e. The molecule has 0 saturated carbocycles. The van der Waals surface area contributed by atoms with Gasteiger partial charge in [0.25, 0.3) is 5.91 Å². The van der Waals surface area contributed by atoms with Crippen LogP contribution in [0.25, 0.3) is 0 Å². The summed E-state index contributed by atoms with van der Waals surface area (Å²) >= 11 is 0. The first-order valence-electron chi connectivity index (χ1n) is 6.86. The number of likely N-dealkylation sites (N-methyl/N-ethyl adjacent to an activating group) is 1. The van der Waals surface area contributed by atoms with Gasteiger partial charge in [-0.3, -0.25) is 9.48 Å². The number of aromatic nitrogens is 2. The van der Waals surface area contributed by atoms with Crippen LogP contribution in [0.2, 0.25) is 0 Å². The molecule has 106 valence electrons. The maximum atomic E-state index is 12.3. The largest absolute Gasteiger partial charge is 0.395 e. The third-order valence-corrected chi connectivity index (χ3v) is 3.86. The van der Waals surface area contributed by atoms with Crippen LogP contribution in [0.3, 0.4) is 0 Å². The average Bonchev–Trinajstić information content (AvgIpc) is 2.91. The molecule has 0 bridgehead atoms. The average molecular weight is 265 g/mol. The van der Waals surface area contributed by atoms with Gasteiger partial charge in [-0.1, -0.05) is 0 Å². The van der Waals surface area contributed by atoms with E-state index >= 15 is 0 Å². The van der Waals surface area contributed by atoms with Gasteiger partial charge in [0.2, 0.25) is 0 Å². The summed E-state index contributed by atoms with van der Waals surface area (Å²) in [5.74, 6) is -0.125. The third kappa shape index (κ3) is 2.73. The normalized spacial score (nSPS) is 19.8. The predicted molar refractivity (Wildman–Crippen MR) is 75.0 cm³/mol. The van der Waals surface area contributed by atoms with Crippen molar-refractivity contribution in [1.29, 1.82) is 0 Å². The van der Waals surface area contributed by atoms with Crippen molar-refractivity contribution in [2.45, 2.75) is 39.3 Å². The van der Waals surface area contributed by atoms with Gasteiger partial charge in [0.05, 0.1) is 11.4 Å². The molecule has 0 aliphatic carbocycles. The fourth-order valence-corrected chi connectivity index (χ4v) is 2.60. The summed E-state index contributed by atoms with van der Waals surface area (Å²) in [6.07, 6.45) is 2.34. The van der Waals surface area contributed by atoms with E-state index in [0.29, 0.717) is 36.2 Å². The Kier molecular flexibility index (Phi) is 4.09. The molecule has 0 radical (unpaired) electrons. The lowest BCUT2D eigenvalue weighted by atomic mass is 10.2. The van der Waals surface area contributed by atoms with E-state index in [0.717, 1.165) is 13.0 Å². The topological polar surface area (TPSA) is 76.2 Å². The van der Waals surface area contributed by atoms with E-state index in [2.05, 4.69) is 22.4 Å². The van der Waals surface area contributed by atoms with E-state index in [4.69, 9.17) is 5.73 Å². The first-order chi connectivity index (χ1) is 9.04. The van der Waals surface area contributed by atoms with Crippen molar-refractivity contribution in [3.8, 4) is 0 Å². The number of nitrogens with two attached hydrogens (primary N) is 1. The van der Waals surface area contributed by atoms with Gasteiger partial charge in [-0.2, -0.15) is 5.10 Å². The molecule has 1 aliphatic heterocycles. The molecule has 2 rings (SSSR count). The van der Waals surface area contributed by atoms with Crippen molar-refractivity contribution in [2.24, 2.45) is 0 Å². The lowest BCUT2D eigenvalue weighted by Crippen LogP contribution is -2.39. The number of hydrogen-bond donors (Lipinski definition) is 2. The molecular formula is C13H23N5O. The summed E-state index contributed by atoms with van der Waals surface area (Å²) in [5, 5.41) is 7.24. The smallest absolute Gasteiger partial charge is 0.271 e. The molecular weight excluding hydrogens is 242 g/mol. The van der Waals surface area contributed by atoms with Crippen molar-refractivity contribution in [3.63, 3.8) is 0 Å². The van der Waals surface area contributed by atoms with Crippen LogP contribution in [-0.2, 0) is 6.54 Å². The quantitative estimate of drug-likeness (QED) is 0.836. The van der Waals surface area contributed by atoms with Crippen molar-refractivity contribution in [2.75, 3.05) is 25.9 Å². The first kappa shape index (κ1) is 13.9. The summed E-state index contributed by atoms with van der Waals surface area (Å²) in [7, 11) is 2.10. The Labute approximate surface area is 113 Å². The molecule has 1 amide bonds. The highest BCUT2D eigenvalue weighted by Crippen LogP contribution is 2.17. The molecule has 19 heavy (non-hydrogen) atoms. The Morgan fingerprint density at radius 3 is 2.89 bits per heavy atom. The number of hydrogen-bond acceptors (Lipinski definition) is 4. The lowest BCUT2D eigenvalue weighted by Gasteiger charge is -2.19. The number of carbonyl (C=O) groups excluding carboxylic acids is 1. The zero-order chi connectivity index (χ0) is 14.0. The van der Waals surface area contributed by atoms with Crippen LogP contribution in [0, 0.1) is 6.92 Å². The molecule has 1 aliphatic rings.